The largest absolute Gasteiger partial charge is 0.378 e. The van der Waals surface area contributed by atoms with Crippen LogP contribution >= 0.6 is 0 Å². The van der Waals surface area contributed by atoms with Gasteiger partial charge >= 0.3 is 0 Å². The molecule has 1 aliphatic rings. The number of pyridine rings is 1. The summed E-state index contributed by atoms with van der Waals surface area (Å²) in [5.41, 5.74) is 1.37. The monoisotopic (exact) mass is 270 g/mol. The molecule has 1 aliphatic heterocycles. The van der Waals surface area contributed by atoms with Gasteiger partial charge < -0.3 is 10.1 Å². The molecular formula is C17H22N2O. The highest BCUT2D eigenvalue weighted by Crippen LogP contribution is 2.36. The number of fused-ring (bicyclic) bond motifs is 1. The fraction of sp³-hybridized carbons (Fsp3) is 0.471. The van der Waals surface area contributed by atoms with Crippen LogP contribution in [0, 0.1) is 5.92 Å². The van der Waals surface area contributed by atoms with E-state index in [1.807, 2.05) is 12.4 Å². The lowest BCUT2D eigenvalue weighted by molar-refractivity contribution is 0.0957. The average Bonchev–Trinajstić information content (AvgIpc) is 2.90. The van der Waals surface area contributed by atoms with Crippen LogP contribution < -0.4 is 5.32 Å². The Kier molecular flexibility index (Phi) is 3.99. The lowest BCUT2D eigenvalue weighted by Gasteiger charge is -2.28. The van der Waals surface area contributed by atoms with Crippen LogP contribution in [0.1, 0.15) is 31.9 Å². The molecule has 0 spiro atoms. The van der Waals surface area contributed by atoms with Gasteiger partial charge in [0.2, 0.25) is 0 Å². The Morgan fingerprint density at radius 1 is 1.40 bits per heavy atom. The van der Waals surface area contributed by atoms with Crippen molar-refractivity contribution < 1.29 is 4.74 Å². The van der Waals surface area contributed by atoms with Crippen LogP contribution in [0.4, 0.5) is 0 Å². The van der Waals surface area contributed by atoms with E-state index in [-0.39, 0.29) is 0 Å². The van der Waals surface area contributed by atoms with E-state index < -0.39 is 0 Å². The van der Waals surface area contributed by atoms with Gasteiger partial charge in [0.05, 0.1) is 6.10 Å². The van der Waals surface area contributed by atoms with Gasteiger partial charge in [0, 0.05) is 36.3 Å². The molecule has 3 nitrogen and oxygen atoms in total. The van der Waals surface area contributed by atoms with Crippen LogP contribution in [0.3, 0.4) is 0 Å². The number of nitrogens with zero attached hydrogens (tertiary/aromatic N) is 1. The van der Waals surface area contributed by atoms with Crippen LogP contribution in [0.2, 0.25) is 0 Å². The number of aromatic nitrogens is 1. The van der Waals surface area contributed by atoms with Crippen LogP contribution in [0.25, 0.3) is 10.8 Å². The summed E-state index contributed by atoms with van der Waals surface area (Å²) in [6.45, 7) is 6.20. The zero-order valence-electron chi connectivity index (χ0n) is 12.2. The molecule has 0 bridgehead atoms. The van der Waals surface area contributed by atoms with E-state index in [1.165, 1.54) is 16.3 Å². The number of hydrogen-bond acceptors (Lipinski definition) is 3. The molecule has 20 heavy (non-hydrogen) atoms. The number of nitrogens with one attached hydrogen (secondary N) is 1. The van der Waals surface area contributed by atoms with E-state index in [9.17, 15) is 0 Å². The molecule has 3 unspecified atom stereocenters. The van der Waals surface area contributed by atoms with Gasteiger partial charge in [0.15, 0.2) is 0 Å². The molecule has 3 atom stereocenters. The molecule has 0 radical (unpaired) electrons. The third-order valence-corrected chi connectivity index (χ3v) is 4.34. The first-order valence-electron chi connectivity index (χ1n) is 7.49. The minimum atomic E-state index is 0.316. The molecule has 106 valence electrons. The van der Waals surface area contributed by atoms with Crippen molar-refractivity contribution in [1.29, 1.82) is 0 Å². The van der Waals surface area contributed by atoms with Crippen LogP contribution in [0.5, 0.6) is 0 Å². The van der Waals surface area contributed by atoms with Gasteiger partial charge in [-0.2, -0.15) is 0 Å². The third-order valence-electron chi connectivity index (χ3n) is 4.34. The van der Waals surface area contributed by atoms with E-state index in [1.54, 1.807) is 0 Å². The van der Waals surface area contributed by atoms with E-state index in [0.29, 0.717) is 18.1 Å². The van der Waals surface area contributed by atoms with Crippen molar-refractivity contribution in [3.63, 3.8) is 0 Å². The molecule has 1 aromatic carbocycles. The molecule has 0 aliphatic carbocycles. The molecule has 1 saturated heterocycles. The van der Waals surface area contributed by atoms with Crippen molar-refractivity contribution >= 4 is 10.8 Å². The molecule has 2 heterocycles. The number of hydrogen-bond donors (Lipinski definition) is 1. The smallest absolute Gasteiger partial charge is 0.0594 e. The Bertz CT molecular complexity index is 579. The topological polar surface area (TPSA) is 34.2 Å². The van der Waals surface area contributed by atoms with Crippen molar-refractivity contribution in [1.82, 2.24) is 10.3 Å². The van der Waals surface area contributed by atoms with Crippen LogP contribution in [-0.4, -0.2) is 24.2 Å². The molecule has 3 rings (SSSR count). The van der Waals surface area contributed by atoms with E-state index in [0.717, 1.165) is 19.6 Å². The third kappa shape index (κ3) is 2.43. The first kappa shape index (κ1) is 13.5. The van der Waals surface area contributed by atoms with Gasteiger partial charge in [-0.1, -0.05) is 25.1 Å². The van der Waals surface area contributed by atoms with E-state index in [4.69, 9.17) is 4.74 Å². The summed E-state index contributed by atoms with van der Waals surface area (Å²) in [7, 11) is 0. The molecule has 3 heteroatoms. The summed E-state index contributed by atoms with van der Waals surface area (Å²) < 4.78 is 5.77. The lowest BCUT2D eigenvalue weighted by Crippen LogP contribution is -2.32. The Morgan fingerprint density at radius 2 is 2.30 bits per heavy atom. The highest BCUT2D eigenvalue weighted by Gasteiger charge is 2.32. The number of benzene rings is 1. The minimum Gasteiger partial charge on any atom is -0.378 e. The first-order chi connectivity index (χ1) is 9.81. The van der Waals surface area contributed by atoms with Crippen molar-refractivity contribution in [3.05, 3.63) is 42.2 Å². The van der Waals surface area contributed by atoms with Gasteiger partial charge in [0.25, 0.3) is 0 Å². The molecule has 0 saturated carbocycles. The second-order valence-corrected chi connectivity index (χ2v) is 5.51. The van der Waals surface area contributed by atoms with Crippen molar-refractivity contribution in [2.24, 2.45) is 5.92 Å². The summed E-state index contributed by atoms with van der Waals surface area (Å²) in [4.78, 5) is 4.23. The SMILES string of the molecule is CCNC(c1cccc2cnccc12)C1CCOC1C. The molecule has 1 aromatic heterocycles. The Morgan fingerprint density at radius 3 is 3.05 bits per heavy atom. The Balaban J connectivity index is 2.05. The zero-order chi connectivity index (χ0) is 13.9. The van der Waals surface area contributed by atoms with E-state index in [2.05, 4.69) is 48.4 Å². The van der Waals surface area contributed by atoms with Gasteiger partial charge in [-0.3, -0.25) is 4.98 Å². The fourth-order valence-electron chi connectivity index (χ4n) is 3.32. The maximum Gasteiger partial charge on any atom is 0.0594 e. The minimum absolute atomic E-state index is 0.316. The normalized spacial score (nSPS) is 24.1. The van der Waals surface area contributed by atoms with Crippen LogP contribution in [0.15, 0.2) is 36.7 Å². The first-order valence-corrected chi connectivity index (χ1v) is 7.49. The number of ether oxygens (including phenoxy) is 1. The predicted molar refractivity (Wildman–Crippen MR) is 81.7 cm³/mol. The zero-order valence-corrected chi connectivity index (χ0v) is 12.2. The Hall–Kier alpha value is -1.45. The fourth-order valence-corrected chi connectivity index (χ4v) is 3.32. The highest BCUT2D eigenvalue weighted by atomic mass is 16.5. The number of rotatable bonds is 4. The molecule has 0 amide bonds. The average molecular weight is 270 g/mol. The summed E-state index contributed by atoms with van der Waals surface area (Å²) in [6.07, 6.45) is 5.26. The quantitative estimate of drug-likeness (QED) is 0.925. The summed E-state index contributed by atoms with van der Waals surface area (Å²) >= 11 is 0. The maximum absolute atomic E-state index is 5.77. The highest BCUT2D eigenvalue weighted by molar-refractivity contribution is 5.85. The summed E-state index contributed by atoms with van der Waals surface area (Å²) in [6, 6.07) is 8.97. The summed E-state index contributed by atoms with van der Waals surface area (Å²) in [5.74, 6) is 0.536. The van der Waals surface area contributed by atoms with Crippen molar-refractivity contribution in [2.75, 3.05) is 13.2 Å². The second-order valence-electron chi connectivity index (χ2n) is 5.51. The summed E-state index contributed by atoms with van der Waals surface area (Å²) in [5, 5.41) is 6.17. The van der Waals surface area contributed by atoms with Gasteiger partial charge in [-0.15, -0.1) is 0 Å². The standard InChI is InChI=1S/C17H22N2O/c1-3-19-17(14-8-10-20-12(14)2)16-6-4-5-13-11-18-9-7-15(13)16/h4-7,9,11-12,14,17,19H,3,8,10H2,1-2H3. The Labute approximate surface area is 120 Å². The van der Waals surface area contributed by atoms with Crippen LogP contribution in [-0.2, 0) is 4.74 Å². The maximum atomic E-state index is 5.77. The molecule has 1 fully saturated rings. The molecule has 1 N–H and O–H groups in total. The second kappa shape index (κ2) is 5.90. The van der Waals surface area contributed by atoms with Gasteiger partial charge in [-0.05, 0) is 36.9 Å². The van der Waals surface area contributed by atoms with E-state index >= 15 is 0 Å². The van der Waals surface area contributed by atoms with Gasteiger partial charge in [-0.25, -0.2) is 0 Å². The lowest BCUT2D eigenvalue weighted by atomic mass is 9.86. The van der Waals surface area contributed by atoms with Crippen molar-refractivity contribution in [2.45, 2.75) is 32.4 Å². The van der Waals surface area contributed by atoms with Crippen molar-refractivity contribution in [3.8, 4) is 0 Å². The molecule has 2 aromatic rings. The predicted octanol–water partition coefficient (Wildman–Crippen LogP) is 3.31. The van der Waals surface area contributed by atoms with Gasteiger partial charge in [0.1, 0.15) is 0 Å². The molecular weight excluding hydrogens is 248 g/mol.